The molecule has 1 heterocycles. The molecule has 0 aromatic carbocycles. The Kier molecular flexibility index (Phi) is 6.11. The molecule has 0 unspecified atom stereocenters. The van der Waals surface area contributed by atoms with Crippen molar-refractivity contribution in [1.82, 2.24) is 20.1 Å². The van der Waals surface area contributed by atoms with Gasteiger partial charge in [0.05, 0.1) is 5.25 Å². The summed E-state index contributed by atoms with van der Waals surface area (Å²) in [6, 6.07) is 0.279. The van der Waals surface area contributed by atoms with Gasteiger partial charge in [-0.05, 0) is 32.1 Å². The van der Waals surface area contributed by atoms with Gasteiger partial charge in [-0.3, -0.25) is 9.36 Å². The number of H-pyrrole nitrogens is 1. The van der Waals surface area contributed by atoms with Crippen molar-refractivity contribution in [3.8, 4) is 0 Å². The smallest absolute Gasteiger partial charge is 0.343 e. The van der Waals surface area contributed by atoms with Gasteiger partial charge in [0.1, 0.15) is 0 Å². The predicted octanol–water partition coefficient (Wildman–Crippen LogP) is 2.16. The van der Waals surface area contributed by atoms with E-state index in [0.29, 0.717) is 17.6 Å². The van der Waals surface area contributed by atoms with Crippen LogP contribution in [0, 0.1) is 5.92 Å². The summed E-state index contributed by atoms with van der Waals surface area (Å²) in [6.45, 7) is 6.69. The van der Waals surface area contributed by atoms with Gasteiger partial charge in [-0.25, -0.2) is 9.89 Å². The maximum Gasteiger partial charge on any atom is 0.343 e. The highest BCUT2D eigenvalue weighted by Crippen LogP contribution is 2.25. The molecule has 124 valence electrons. The lowest BCUT2D eigenvalue weighted by Crippen LogP contribution is -2.44. The molecule has 2 N–H and O–H groups in total. The van der Waals surface area contributed by atoms with Crippen molar-refractivity contribution < 1.29 is 4.79 Å². The molecular weight excluding hydrogens is 300 g/mol. The Bertz CT molecular complexity index is 554. The van der Waals surface area contributed by atoms with Crippen LogP contribution in [0.15, 0.2) is 9.95 Å². The fourth-order valence-electron chi connectivity index (χ4n) is 2.86. The van der Waals surface area contributed by atoms with Crippen molar-refractivity contribution in [1.29, 1.82) is 0 Å². The van der Waals surface area contributed by atoms with Gasteiger partial charge >= 0.3 is 5.69 Å². The molecule has 2 rings (SSSR count). The van der Waals surface area contributed by atoms with Crippen molar-refractivity contribution in [3.05, 3.63) is 10.5 Å². The molecule has 7 heteroatoms. The number of aromatic amines is 1. The first kappa shape index (κ1) is 17.1. The van der Waals surface area contributed by atoms with Crippen LogP contribution in [0.1, 0.15) is 52.9 Å². The van der Waals surface area contributed by atoms with E-state index in [0.717, 1.165) is 12.8 Å². The molecule has 1 fully saturated rings. The highest BCUT2D eigenvalue weighted by Gasteiger charge is 2.26. The minimum atomic E-state index is -0.264. The van der Waals surface area contributed by atoms with Gasteiger partial charge in [0.2, 0.25) is 5.91 Å². The fraction of sp³-hybridized carbons (Fsp3) is 0.800. The van der Waals surface area contributed by atoms with Crippen molar-refractivity contribution in [2.45, 2.75) is 75.9 Å². The number of rotatable bonds is 6. The molecule has 0 aliphatic heterocycles. The second-order valence-electron chi connectivity index (χ2n) is 6.10. The number of hydrogen-bond donors (Lipinski definition) is 2. The highest BCUT2D eigenvalue weighted by molar-refractivity contribution is 8.00. The molecule has 3 atom stereocenters. The van der Waals surface area contributed by atoms with Crippen LogP contribution in [0.3, 0.4) is 0 Å². The zero-order valence-electron chi connectivity index (χ0n) is 13.6. The Morgan fingerprint density at radius 3 is 2.91 bits per heavy atom. The molecule has 0 bridgehead atoms. The van der Waals surface area contributed by atoms with E-state index in [1.807, 2.05) is 13.8 Å². The normalized spacial score (nSPS) is 23.2. The van der Waals surface area contributed by atoms with Gasteiger partial charge in [0, 0.05) is 12.6 Å². The van der Waals surface area contributed by atoms with Gasteiger partial charge < -0.3 is 5.32 Å². The van der Waals surface area contributed by atoms with E-state index in [-0.39, 0.29) is 22.9 Å². The first-order valence-corrected chi connectivity index (χ1v) is 9.03. The van der Waals surface area contributed by atoms with E-state index < -0.39 is 0 Å². The molecule has 1 aromatic heterocycles. The zero-order chi connectivity index (χ0) is 16.1. The van der Waals surface area contributed by atoms with Crippen LogP contribution in [-0.2, 0) is 11.3 Å². The lowest BCUT2D eigenvalue weighted by atomic mass is 9.86. The van der Waals surface area contributed by atoms with E-state index in [2.05, 4.69) is 22.4 Å². The number of carbonyl (C=O) groups excluding carboxylic acids is 1. The molecule has 0 radical (unpaired) electrons. The second kappa shape index (κ2) is 7.85. The minimum Gasteiger partial charge on any atom is -0.352 e. The van der Waals surface area contributed by atoms with E-state index in [4.69, 9.17) is 0 Å². The molecule has 0 saturated heterocycles. The summed E-state index contributed by atoms with van der Waals surface area (Å²) in [5.74, 6) is 0.570. The largest absolute Gasteiger partial charge is 0.352 e. The van der Waals surface area contributed by atoms with E-state index in [1.54, 1.807) is 4.57 Å². The van der Waals surface area contributed by atoms with Gasteiger partial charge in [-0.15, -0.1) is 5.10 Å². The van der Waals surface area contributed by atoms with Gasteiger partial charge in [-0.1, -0.05) is 38.5 Å². The third kappa shape index (κ3) is 4.15. The summed E-state index contributed by atoms with van der Waals surface area (Å²) >= 11 is 1.34. The summed E-state index contributed by atoms with van der Waals surface area (Å²) in [7, 11) is 0. The average Bonchev–Trinajstić information content (AvgIpc) is 2.83. The molecule has 0 spiro atoms. The maximum atomic E-state index is 12.4. The van der Waals surface area contributed by atoms with Crippen molar-refractivity contribution in [3.63, 3.8) is 0 Å². The topological polar surface area (TPSA) is 79.8 Å². The number of amides is 1. The number of hydrogen-bond acceptors (Lipinski definition) is 4. The van der Waals surface area contributed by atoms with Gasteiger partial charge in [0.15, 0.2) is 5.16 Å². The Labute approximate surface area is 135 Å². The van der Waals surface area contributed by atoms with Crippen molar-refractivity contribution in [2.75, 3.05) is 0 Å². The average molecular weight is 326 g/mol. The molecule has 1 aromatic rings. The minimum absolute atomic E-state index is 0.0299. The molecular formula is C15H26N4O2S. The lowest BCUT2D eigenvalue weighted by molar-refractivity contribution is -0.121. The van der Waals surface area contributed by atoms with Crippen molar-refractivity contribution in [2.24, 2.45) is 5.92 Å². The maximum absolute atomic E-state index is 12.4. The number of carbonyl (C=O) groups is 1. The second-order valence-corrected chi connectivity index (χ2v) is 7.41. The summed E-state index contributed by atoms with van der Waals surface area (Å²) in [5, 5.41) is 9.97. The molecule has 1 saturated carbocycles. The molecule has 1 amide bonds. The van der Waals surface area contributed by atoms with Crippen LogP contribution >= 0.6 is 11.8 Å². The van der Waals surface area contributed by atoms with Crippen molar-refractivity contribution >= 4 is 17.7 Å². The monoisotopic (exact) mass is 326 g/mol. The Hall–Kier alpha value is -1.24. The van der Waals surface area contributed by atoms with Crippen LogP contribution in [0.2, 0.25) is 0 Å². The lowest BCUT2D eigenvalue weighted by Gasteiger charge is -2.30. The SMILES string of the molecule is CCCn1c(S[C@@H](C)C(=O)N[C@@H]2CCCC[C@@H]2C)n[nH]c1=O. The zero-order valence-corrected chi connectivity index (χ0v) is 14.4. The Morgan fingerprint density at radius 2 is 2.23 bits per heavy atom. The van der Waals surface area contributed by atoms with E-state index in [9.17, 15) is 9.59 Å². The predicted molar refractivity (Wildman–Crippen MR) is 88.0 cm³/mol. The number of nitrogens with one attached hydrogen (secondary N) is 2. The first-order chi connectivity index (χ1) is 10.5. The molecule has 1 aliphatic rings. The Morgan fingerprint density at radius 1 is 1.50 bits per heavy atom. The third-order valence-corrected chi connectivity index (χ3v) is 5.35. The first-order valence-electron chi connectivity index (χ1n) is 8.15. The van der Waals surface area contributed by atoms with Gasteiger partial charge in [-0.2, -0.15) is 0 Å². The fourth-order valence-corrected chi connectivity index (χ4v) is 3.75. The number of aromatic nitrogens is 3. The van der Waals surface area contributed by atoms with Crippen LogP contribution in [0.5, 0.6) is 0 Å². The summed E-state index contributed by atoms with van der Waals surface area (Å²) in [5.41, 5.74) is -0.210. The quantitative estimate of drug-likeness (QED) is 0.785. The summed E-state index contributed by atoms with van der Waals surface area (Å²) in [4.78, 5) is 24.1. The summed E-state index contributed by atoms with van der Waals surface area (Å²) < 4.78 is 1.59. The highest BCUT2D eigenvalue weighted by atomic mass is 32.2. The molecule has 22 heavy (non-hydrogen) atoms. The van der Waals surface area contributed by atoms with E-state index >= 15 is 0 Å². The number of thioether (sulfide) groups is 1. The summed E-state index contributed by atoms with van der Waals surface area (Å²) in [6.07, 6.45) is 5.54. The number of nitrogens with zero attached hydrogens (tertiary/aromatic N) is 2. The van der Waals surface area contributed by atoms with Gasteiger partial charge in [0.25, 0.3) is 0 Å². The van der Waals surface area contributed by atoms with Crippen LogP contribution in [0.25, 0.3) is 0 Å². The standard InChI is InChI=1S/C15H26N4O2S/c1-4-9-19-14(21)17-18-15(19)22-11(3)13(20)16-12-8-6-5-7-10(12)2/h10-12H,4-9H2,1-3H3,(H,16,20)(H,17,21)/t10-,11-,12+/m0/s1. The van der Waals surface area contributed by atoms with Crippen LogP contribution in [0.4, 0.5) is 0 Å². The Balaban J connectivity index is 1.95. The molecule has 6 nitrogen and oxygen atoms in total. The van der Waals surface area contributed by atoms with Crippen LogP contribution in [-0.4, -0.2) is 32.0 Å². The van der Waals surface area contributed by atoms with Crippen LogP contribution < -0.4 is 11.0 Å². The molecule has 1 aliphatic carbocycles. The third-order valence-electron chi connectivity index (χ3n) is 4.26. The van der Waals surface area contributed by atoms with E-state index in [1.165, 1.54) is 31.0 Å².